The molecule has 34 heavy (non-hydrogen) atoms. The number of rotatable bonds is 9. The molecule has 0 atom stereocenters. The Kier molecular flexibility index (Phi) is 6.67. The molecule has 1 aromatic heterocycles. The summed E-state index contributed by atoms with van der Waals surface area (Å²) in [6.07, 6.45) is 3.56. The third-order valence-corrected chi connectivity index (χ3v) is 6.01. The number of likely N-dealkylation sites (tertiary alicyclic amines) is 1. The van der Waals surface area contributed by atoms with Crippen LogP contribution >= 0.6 is 0 Å². The number of ether oxygens (including phenoxy) is 3. The Morgan fingerprint density at radius 1 is 1.00 bits per heavy atom. The highest BCUT2D eigenvalue weighted by molar-refractivity contribution is 5.92. The van der Waals surface area contributed by atoms with E-state index in [0.717, 1.165) is 54.3 Å². The summed E-state index contributed by atoms with van der Waals surface area (Å²) in [5.74, 6) is 2.84. The smallest absolute Gasteiger partial charge is 0.275 e. The van der Waals surface area contributed by atoms with E-state index < -0.39 is 0 Å². The van der Waals surface area contributed by atoms with E-state index >= 15 is 0 Å². The second-order valence-corrected chi connectivity index (χ2v) is 8.54. The number of carbonyl (C=O) groups is 1. The molecule has 0 bridgehead atoms. The van der Waals surface area contributed by atoms with E-state index in [-0.39, 0.29) is 12.7 Å². The van der Waals surface area contributed by atoms with E-state index in [2.05, 4.69) is 22.0 Å². The van der Waals surface area contributed by atoms with Gasteiger partial charge in [-0.05, 0) is 55.2 Å². The lowest BCUT2D eigenvalue weighted by atomic mass is 10.1. The van der Waals surface area contributed by atoms with Crippen molar-refractivity contribution < 1.29 is 23.4 Å². The first-order chi connectivity index (χ1) is 16.7. The van der Waals surface area contributed by atoms with Crippen LogP contribution in [0.2, 0.25) is 0 Å². The SMILES string of the molecule is CCOc1ccc(CN(Cc2ccc3c(c2)OCO3)Cc2nc(C(=O)N3CCCC3)co2)cc1. The highest BCUT2D eigenvalue weighted by atomic mass is 16.7. The molecule has 8 nitrogen and oxygen atoms in total. The molecule has 0 aliphatic carbocycles. The van der Waals surface area contributed by atoms with Crippen molar-refractivity contribution in [3.05, 3.63) is 71.4 Å². The Labute approximate surface area is 199 Å². The molecule has 2 aliphatic rings. The molecule has 2 aliphatic heterocycles. The van der Waals surface area contributed by atoms with Crippen molar-refractivity contribution in [3.63, 3.8) is 0 Å². The maximum absolute atomic E-state index is 12.7. The first-order valence-electron chi connectivity index (χ1n) is 11.7. The molecule has 178 valence electrons. The van der Waals surface area contributed by atoms with Crippen LogP contribution in [-0.4, -0.2) is 47.2 Å². The minimum atomic E-state index is -0.0543. The van der Waals surface area contributed by atoms with Crippen LogP contribution in [-0.2, 0) is 19.6 Å². The van der Waals surface area contributed by atoms with E-state index in [1.807, 2.05) is 42.2 Å². The molecule has 1 saturated heterocycles. The number of hydrogen-bond acceptors (Lipinski definition) is 7. The molecular weight excluding hydrogens is 434 g/mol. The monoisotopic (exact) mass is 463 g/mol. The van der Waals surface area contributed by atoms with Crippen LogP contribution in [0.4, 0.5) is 0 Å². The molecule has 3 aromatic rings. The fourth-order valence-electron chi connectivity index (χ4n) is 4.34. The molecule has 0 N–H and O–H groups in total. The quantitative estimate of drug-likeness (QED) is 0.470. The largest absolute Gasteiger partial charge is 0.494 e. The van der Waals surface area contributed by atoms with Crippen molar-refractivity contribution in [1.29, 1.82) is 0 Å². The van der Waals surface area contributed by atoms with Gasteiger partial charge in [0, 0.05) is 26.2 Å². The zero-order valence-electron chi connectivity index (χ0n) is 19.4. The van der Waals surface area contributed by atoms with E-state index in [1.165, 1.54) is 6.26 Å². The van der Waals surface area contributed by atoms with Gasteiger partial charge in [-0.1, -0.05) is 18.2 Å². The van der Waals surface area contributed by atoms with Gasteiger partial charge in [0.15, 0.2) is 17.2 Å². The van der Waals surface area contributed by atoms with Crippen molar-refractivity contribution in [3.8, 4) is 17.2 Å². The average molecular weight is 464 g/mol. The number of amides is 1. The Balaban J connectivity index is 1.32. The molecule has 1 amide bonds. The Bertz CT molecular complexity index is 1120. The standard InChI is InChI=1S/C26H29N3O5/c1-2-31-21-8-5-19(6-9-21)14-28(15-20-7-10-23-24(13-20)34-18-33-23)16-25-27-22(17-32-25)26(30)29-11-3-4-12-29/h5-10,13,17H,2-4,11-12,14-16,18H2,1H3. The fourth-order valence-corrected chi connectivity index (χ4v) is 4.34. The molecule has 0 unspecified atom stereocenters. The van der Waals surface area contributed by atoms with Crippen molar-refractivity contribution in [2.75, 3.05) is 26.5 Å². The molecule has 5 rings (SSSR count). The van der Waals surface area contributed by atoms with Crippen LogP contribution in [0.15, 0.2) is 53.1 Å². The summed E-state index contributed by atoms with van der Waals surface area (Å²) in [5.41, 5.74) is 2.61. The summed E-state index contributed by atoms with van der Waals surface area (Å²) >= 11 is 0. The molecule has 2 aromatic carbocycles. The fraction of sp³-hybridized carbons (Fsp3) is 0.385. The summed E-state index contributed by atoms with van der Waals surface area (Å²) < 4.78 is 22.3. The van der Waals surface area contributed by atoms with Crippen molar-refractivity contribution in [1.82, 2.24) is 14.8 Å². The molecule has 3 heterocycles. The maximum atomic E-state index is 12.7. The highest BCUT2D eigenvalue weighted by Crippen LogP contribution is 2.33. The predicted molar refractivity (Wildman–Crippen MR) is 125 cm³/mol. The number of nitrogens with zero attached hydrogens (tertiary/aromatic N) is 3. The zero-order chi connectivity index (χ0) is 23.3. The van der Waals surface area contributed by atoms with E-state index in [9.17, 15) is 4.79 Å². The summed E-state index contributed by atoms with van der Waals surface area (Å²) in [4.78, 5) is 21.2. The van der Waals surface area contributed by atoms with Crippen molar-refractivity contribution in [2.24, 2.45) is 0 Å². The van der Waals surface area contributed by atoms with Crippen LogP contribution in [0.25, 0.3) is 0 Å². The number of fused-ring (bicyclic) bond motifs is 1. The number of carbonyl (C=O) groups excluding carboxylic acids is 1. The van der Waals surface area contributed by atoms with Gasteiger partial charge in [0.05, 0.1) is 13.2 Å². The highest BCUT2D eigenvalue weighted by Gasteiger charge is 2.23. The Hall–Kier alpha value is -3.52. The zero-order valence-corrected chi connectivity index (χ0v) is 19.4. The molecule has 0 spiro atoms. The maximum Gasteiger partial charge on any atom is 0.275 e. The second-order valence-electron chi connectivity index (χ2n) is 8.54. The summed E-state index contributed by atoms with van der Waals surface area (Å²) in [6, 6.07) is 14.1. The predicted octanol–water partition coefficient (Wildman–Crippen LogP) is 4.24. The molecule has 8 heteroatoms. The molecule has 0 radical (unpaired) electrons. The number of oxazole rings is 1. The third-order valence-electron chi connectivity index (χ3n) is 6.01. The van der Waals surface area contributed by atoms with E-state index in [1.54, 1.807) is 0 Å². The van der Waals surface area contributed by atoms with Gasteiger partial charge in [-0.15, -0.1) is 0 Å². The van der Waals surface area contributed by atoms with E-state index in [4.69, 9.17) is 18.6 Å². The van der Waals surface area contributed by atoms with Gasteiger partial charge in [0.1, 0.15) is 12.0 Å². The van der Waals surface area contributed by atoms with Crippen molar-refractivity contribution >= 4 is 5.91 Å². The summed E-state index contributed by atoms with van der Waals surface area (Å²) in [7, 11) is 0. The van der Waals surface area contributed by atoms with Crippen LogP contribution < -0.4 is 14.2 Å². The first-order valence-corrected chi connectivity index (χ1v) is 11.7. The van der Waals surface area contributed by atoms with E-state index in [0.29, 0.717) is 37.8 Å². The Morgan fingerprint density at radius 3 is 2.53 bits per heavy atom. The minimum absolute atomic E-state index is 0.0543. The lowest BCUT2D eigenvalue weighted by molar-refractivity contribution is 0.0787. The van der Waals surface area contributed by atoms with Gasteiger partial charge in [-0.25, -0.2) is 4.98 Å². The topological polar surface area (TPSA) is 77.3 Å². The van der Waals surface area contributed by atoms with Gasteiger partial charge in [0.25, 0.3) is 5.91 Å². The van der Waals surface area contributed by atoms with Gasteiger partial charge in [0.2, 0.25) is 12.7 Å². The number of hydrogen-bond donors (Lipinski definition) is 0. The van der Waals surface area contributed by atoms with Gasteiger partial charge in [-0.2, -0.15) is 0 Å². The molecular formula is C26H29N3O5. The number of aromatic nitrogens is 1. The third kappa shape index (κ3) is 5.17. The Morgan fingerprint density at radius 2 is 1.74 bits per heavy atom. The van der Waals surface area contributed by atoms with Gasteiger partial charge < -0.3 is 23.5 Å². The second kappa shape index (κ2) is 10.2. The van der Waals surface area contributed by atoms with Crippen LogP contribution in [0.5, 0.6) is 17.2 Å². The summed E-state index contributed by atoms with van der Waals surface area (Å²) in [6.45, 7) is 6.23. The van der Waals surface area contributed by atoms with Gasteiger partial charge >= 0.3 is 0 Å². The van der Waals surface area contributed by atoms with Crippen LogP contribution in [0.1, 0.15) is 47.3 Å². The van der Waals surface area contributed by atoms with Crippen LogP contribution in [0.3, 0.4) is 0 Å². The van der Waals surface area contributed by atoms with Crippen molar-refractivity contribution in [2.45, 2.75) is 39.4 Å². The lowest BCUT2D eigenvalue weighted by Gasteiger charge is -2.21. The number of benzene rings is 2. The normalized spacial score (nSPS) is 14.7. The minimum Gasteiger partial charge on any atom is -0.494 e. The first kappa shape index (κ1) is 22.3. The lowest BCUT2D eigenvalue weighted by Crippen LogP contribution is -2.28. The molecule has 1 fully saturated rings. The van der Waals surface area contributed by atoms with Gasteiger partial charge in [-0.3, -0.25) is 9.69 Å². The summed E-state index contributed by atoms with van der Waals surface area (Å²) in [5, 5.41) is 0. The average Bonchev–Trinajstić information content (AvgIpc) is 3.62. The molecule has 0 saturated carbocycles. The van der Waals surface area contributed by atoms with Crippen LogP contribution in [0, 0.1) is 0 Å².